The summed E-state index contributed by atoms with van der Waals surface area (Å²) in [5.74, 6) is 0.422. The molecule has 6 heteroatoms. The third kappa shape index (κ3) is 4.14. The highest BCUT2D eigenvalue weighted by molar-refractivity contribution is 9.10. The quantitative estimate of drug-likeness (QED) is 0.764. The van der Waals surface area contributed by atoms with Gasteiger partial charge >= 0.3 is 5.97 Å². The third-order valence-electron chi connectivity index (χ3n) is 3.95. The van der Waals surface area contributed by atoms with E-state index in [1.165, 1.54) is 12.8 Å². The van der Waals surface area contributed by atoms with Gasteiger partial charge in [-0.3, -0.25) is 4.79 Å². The van der Waals surface area contributed by atoms with Crippen LogP contribution in [-0.4, -0.2) is 24.3 Å². The Morgan fingerprint density at radius 3 is 2.73 bits per heavy atom. The topological polar surface area (TPSA) is 81.8 Å². The molecule has 0 amide bonds. The summed E-state index contributed by atoms with van der Waals surface area (Å²) >= 11 is 3.50. The predicted molar refractivity (Wildman–Crippen MR) is 87.4 cm³/mol. The molecule has 2 rings (SSSR count). The lowest BCUT2D eigenvalue weighted by atomic mass is 10.0. The number of nitrogens with two attached hydrogens (primary N) is 1. The summed E-state index contributed by atoms with van der Waals surface area (Å²) in [6.07, 6.45) is 4.94. The number of carbonyl (C=O) groups is 1. The summed E-state index contributed by atoms with van der Waals surface area (Å²) in [5.41, 5.74) is 7.00. The molecule has 3 N–H and O–H groups in total. The summed E-state index contributed by atoms with van der Waals surface area (Å²) in [4.78, 5) is 10.8. The molecule has 1 aliphatic rings. The molecule has 0 heterocycles. The second-order valence-corrected chi connectivity index (χ2v) is 6.41. The van der Waals surface area contributed by atoms with Gasteiger partial charge in [0.15, 0.2) is 11.5 Å². The van der Waals surface area contributed by atoms with Crippen LogP contribution in [0.5, 0.6) is 11.5 Å². The van der Waals surface area contributed by atoms with E-state index in [-0.39, 0.29) is 12.5 Å². The maximum absolute atomic E-state index is 10.8. The van der Waals surface area contributed by atoms with E-state index in [0.717, 1.165) is 22.9 Å². The second-order valence-electron chi connectivity index (χ2n) is 5.56. The summed E-state index contributed by atoms with van der Waals surface area (Å²) in [5, 5.41) is 8.86. The second kappa shape index (κ2) is 7.83. The van der Waals surface area contributed by atoms with Crippen LogP contribution in [-0.2, 0) is 4.79 Å². The molecule has 1 aliphatic carbocycles. The zero-order chi connectivity index (χ0) is 16.1. The van der Waals surface area contributed by atoms with Crippen molar-refractivity contribution in [3.63, 3.8) is 0 Å². The minimum atomic E-state index is -0.854. The summed E-state index contributed by atoms with van der Waals surface area (Å²) < 4.78 is 12.4. The molecule has 1 aromatic rings. The lowest BCUT2D eigenvalue weighted by Crippen LogP contribution is -2.18. The van der Waals surface area contributed by atoms with Gasteiger partial charge in [-0.2, -0.15) is 0 Å². The van der Waals surface area contributed by atoms with Crippen molar-refractivity contribution >= 4 is 21.9 Å². The number of benzene rings is 1. The SMILES string of the molecule is COc1ccc(Br)c(C(N)CCC(=O)O)c1OC1CCCC1. The van der Waals surface area contributed by atoms with Gasteiger partial charge in [0.05, 0.1) is 13.2 Å². The Morgan fingerprint density at radius 1 is 1.45 bits per heavy atom. The Kier molecular flexibility index (Phi) is 6.08. The van der Waals surface area contributed by atoms with E-state index < -0.39 is 12.0 Å². The van der Waals surface area contributed by atoms with E-state index in [4.69, 9.17) is 20.3 Å². The van der Waals surface area contributed by atoms with Gasteiger partial charge in [0.25, 0.3) is 0 Å². The van der Waals surface area contributed by atoms with Crippen LogP contribution in [0.15, 0.2) is 16.6 Å². The van der Waals surface area contributed by atoms with Crippen LogP contribution < -0.4 is 15.2 Å². The van der Waals surface area contributed by atoms with Gasteiger partial charge in [-0.25, -0.2) is 0 Å². The van der Waals surface area contributed by atoms with Crippen molar-refractivity contribution in [3.8, 4) is 11.5 Å². The normalized spacial score (nSPS) is 16.5. The van der Waals surface area contributed by atoms with E-state index >= 15 is 0 Å². The first-order valence-corrected chi connectivity index (χ1v) is 8.32. The molecule has 1 atom stereocenters. The Hall–Kier alpha value is -1.27. The van der Waals surface area contributed by atoms with E-state index in [1.54, 1.807) is 7.11 Å². The van der Waals surface area contributed by atoms with Crippen molar-refractivity contribution in [2.24, 2.45) is 5.73 Å². The van der Waals surface area contributed by atoms with Crippen LogP contribution >= 0.6 is 15.9 Å². The average Bonchev–Trinajstić information content (AvgIpc) is 2.98. The number of carboxylic acid groups (broad SMARTS) is 1. The van der Waals surface area contributed by atoms with Crippen molar-refractivity contribution < 1.29 is 19.4 Å². The van der Waals surface area contributed by atoms with Crippen LogP contribution in [0.25, 0.3) is 0 Å². The largest absolute Gasteiger partial charge is 0.493 e. The number of methoxy groups -OCH3 is 1. The molecular weight excluding hydrogens is 350 g/mol. The highest BCUT2D eigenvalue weighted by Crippen LogP contribution is 2.42. The Balaban J connectivity index is 2.29. The molecule has 0 saturated heterocycles. The molecule has 5 nitrogen and oxygen atoms in total. The van der Waals surface area contributed by atoms with Crippen LogP contribution in [0.2, 0.25) is 0 Å². The maximum Gasteiger partial charge on any atom is 0.303 e. The van der Waals surface area contributed by atoms with Gasteiger partial charge in [-0.15, -0.1) is 0 Å². The fraction of sp³-hybridized carbons (Fsp3) is 0.562. The van der Waals surface area contributed by atoms with Gasteiger partial charge in [0.2, 0.25) is 0 Å². The lowest BCUT2D eigenvalue weighted by Gasteiger charge is -2.23. The first-order valence-electron chi connectivity index (χ1n) is 7.53. The van der Waals surface area contributed by atoms with E-state index in [2.05, 4.69) is 15.9 Å². The number of rotatable bonds is 7. The number of hydrogen-bond acceptors (Lipinski definition) is 4. The van der Waals surface area contributed by atoms with Gasteiger partial charge in [0, 0.05) is 22.5 Å². The van der Waals surface area contributed by atoms with Crippen LogP contribution in [0, 0.1) is 0 Å². The zero-order valence-electron chi connectivity index (χ0n) is 12.7. The Labute approximate surface area is 138 Å². The molecule has 122 valence electrons. The van der Waals surface area contributed by atoms with Crippen molar-refractivity contribution in [3.05, 3.63) is 22.2 Å². The first-order chi connectivity index (χ1) is 10.5. The lowest BCUT2D eigenvalue weighted by molar-refractivity contribution is -0.137. The molecule has 0 bridgehead atoms. The van der Waals surface area contributed by atoms with Crippen molar-refractivity contribution in [2.45, 2.75) is 50.7 Å². The third-order valence-corrected chi connectivity index (χ3v) is 4.64. The summed E-state index contributed by atoms with van der Waals surface area (Å²) in [6.45, 7) is 0. The standard InChI is InChI=1S/C16H22BrNO4/c1-21-13-8-6-11(17)15(12(18)7-9-14(19)20)16(13)22-10-4-2-3-5-10/h6,8,10,12H,2-5,7,9,18H2,1H3,(H,19,20). The highest BCUT2D eigenvalue weighted by Gasteiger charge is 2.25. The van der Waals surface area contributed by atoms with Gasteiger partial charge in [0.1, 0.15) is 0 Å². The number of carboxylic acids is 1. The van der Waals surface area contributed by atoms with Crippen molar-refractivity contribution in [1.29, 1.82) is 0 Å². The Morgan fingerprint density at radius 2 is 2.14 bits per heavy atom. The average molecular weight is 372 g/mol. The minimum absolute atomic E-state index is 0.0215. The first kappa shape index (κ1) is 17.1. The minimum Gasteiger partial charge on any atom is -0.493 e. The fourth-order valence-electron chi connectivity index (χ4n) is 2.78. The molecular formula is C16H22BrNO4. The maximum atomic E-state index is 10.8. The van der Waals surface area contributed by atoms with Gasteiger partial charge in [-0.1, -0.05) is 15.9 Å². The Bertz CT molecular complexity index is 529. The molecule has 1 fully saturated rings. The number of hydrogen-bond donors (Lipinski definition) is 2. The van der Waals surface area contributed by atoms with Crippen molar-refractivity contribution in [2.75, 3.05) is 7.11 Å². The van der Waals surface area contributed by atoms with Crippen LogP contribution in [0.4, 0.5) is 0 Å². The smallest absolute Gasteiger partial charge is 0.303 e. The molecule has 1 saturated carbocycles. The highest BCUT2D eigenvalue weighted by atomic mass is 79.9. The zero-order valence-corrected chi connectivity index (χ0v) is 14.3. The van der Waals surface area contributed by atoms with E-state index in [9.17, 15) is 4.79 Å². The van der Waals surface area contributed by atoms with Crippen LogP contribution in [0.1, 0.15) is 50.1 Å². The predicted octanol–water partition coefficient (Wildman–Crippen LogP) is 3.64. The summed E-state index contributed by atoms with van der Waals surface area (Å²) in [6, 6.07) is 3.27. The number of aliphatic carboxylic acids is 1. The summed E-state index contributed by atoms with van der Waals surface area (Å²) in [7, 11) is 1.59. The fourth-order valence-corrected chi connectivity index (χ4v) is 3.39. The molecule has 1 aromatic carbocycles. The molecule has 0 aliphatic heterocycles. The van der Waals surface area contributed by atoms with E-state index in [1.807, 2.05) is 12.1 Å². The molecule has 22 heavy (non-hydrogen) atoms. The van der Waals surface area contributed by atoms with Gasteiger partial charge in [-0.05, 0) is 44.2 Å². The van der Waals surface area contributed by atoms with Crippen LogP contribution in [0.3, 0.4) is 0 Å². The molecule has 0 spiro atoms. The van der Waals surface area contributed by atoms with Gasteiger partial charge < -0.3 is 20.3 Å². The van der Waals surface area contributed by atoms with E-state index in [0.29, 0.717) is 17.9 Å². The van der Waals surface area contributed by atoms with Crippen molar-refractivity contribution in [1.82, 2.24) is 0 Å². The molecule has 0 aromatic heterocycles. The number of ether oxygens (including phenoxy) is 2. The molecule has 0 radical (unpaired) electrons. The number of halogens is 1. The molecule has 1 unspecified atom stereocenters. The monoisotopic (exact) mass is 371 g/mol.